The number of aromatic nitrogens is 2. The molecule has 1 aliphatic rings. The second-order valence-electron chi connectivity index (χ2n) is 6.23. The van der Waals surface area contributed by atoms with Crippen molar-refractivity contribution >= 4 is 33.7 Å². The number of nitrogens with zero attached hydrogens (tertiary/aromatic N) is 1. The summed E-state index contributed by atoms with van der Waals surface area (Å²) in [4.78, 5) is 22.3. The van der Waals surface area contributed by atoms with Gasteiger partial charge < -0.3 is 4.98 Å². The Balaban J connectivity index is 1.76. The summed E-state index contributed by atoms with van der Waals surface area (Å²) in [6.07, 6.45) is 7.08. The zero-order valence-corrected chi connectivity index (χ0v) is 13.8. The molecule has 116 valence electrons. The number of H-pyrrole nitrogens is 1. The monoisotopic (exact) mass is 322 g/mol. The van der Waals surface area contributed by atoms with E-state index in [0.717, 1.165) is 35.0 Å². The summed E-state index contributed by atoms with van der Waals surface area (Å²) in [6, 6.07) is 10.0. The average Bonchev–Trinajstić information content (AvgIpc) is 2.91. The fourth-order valence-corrected chi connectivity index (χ4v) is 4.57. The lowest BCUT2D eigenvalue weighted by atomic mass is 9.89. The van der Waals surface area contributed by atoms with Crippen molar-refractivity contribution in [1.82, 2.24) is 9.97 Å². The first-order valence-corrected chi connectivity index (χ1v) is 8.80. The van der Waals surface area contributed by atoms with E-state index in [1.54, 1.807) is 11.3 Å². The molecule has 0 unspecified atom stereocenters. The minimum Gasteiger partial charge on any atom is -0.306 e. The van der Waals surface area contributed by atoms with E-state index in [9.17, 15) is 4.79 Å². The molecule has 0 bridgehead atoms. The van der Waals surface area contributed by atoms with Crippen LogP contribution in [-0.4, -0.2) is 9.97 Å². The van der Waals surface area contributed by atoms with Gasteiger partial charge in [0.1, 0.15) is 10.7 Å². The van der Waals surface area contributed by atoms with E-state index in [1.165, 1.54) is 10.4 Å². The number of aryl methyl sites for hydroxylation is 1. The largest absolute Gasteiger partial charge is 0.306 e. The quantitative estimate of drug-likeness (QED) is 0.765. The van der Waals surface area contributed by atoms with Gasteiger partial charge in [-0.3, -0.25) is 4.79 Å². The Morgan fingerprint density at radius 3 is 2.91 bits per heavy atom. The van der Waals surface area contributed by atoms with E-state index in [1.807, 2.05) is 42.5 Å². The topological polar surface area (TPSA) is 45.8 Å². The van der Waals surface area contributed by atoms with E-state index in [4.69, 9.17) is 0 Å². The molecule has 3 nitrogen and oxygen atoms in total. The summed E-state index contributed by atoms with van der Waals surface area (Å²) in [5.41, 5.74) is 2.32. The lowest BCUT2D eigenvalue weighted by molar-refractivity contribution is 0.509. The number of fused-ring (bicyclic) bond motifs is 3. The molecular formula is C19H18N2OS. The fraction of sp³-hybridized carbons (Fsp3) is 0.263. The Morgan fingerprint density at radius 2 is 2.09 bits per heavy atom. The van der Waals surface area contributed by atoms with Crippen LogP contribution < -0.4 is 5.56 Å². The first kappa shape index (κ1) is 14.4. The van der Waals surface area contributed by atoms with Gasteiger partial charge in [0.05, 0.1) is 5.39 Å². The van der Waals surface area contributed by atoms with Gasteiger partial charge in [0, 0.05) is 4.88 Å². The van der Waals surface area contributed by atoms with Crippen LogP contribution in [0.2, 0.25) is 0 Å². The minimum atomic E-state index is -0.00485. The van der Waals surface area contributed by atoms with Crippen molar-refractivity contribution in [1.29, 1.82) is 0 Å². The third kappa shape index (κ3) is 2.75. The molecule has 23 heavy (non-hydrogen) atoms. The van der Waals surface area contributed by atoms with Gasteiger partial charge in [-0.1, -0.05) is 43.3 Å². The third-order valence-corrected chi connectivity index (χ3v) is 5.57. The zero-order chi connectivity index (χ0) is 15.8. The summed E-state index contributed by atoms with van der Waals surface area (Å²) in [5, 5.41) is 0.814. The van der Waals surface area contributed by atoms with Crippen molar-refractivity contribution in [3.8, 4) is 0 Å². The molecule has 0 amide bonds. The number of rotatable bonds is 2. The van der Waals surface area contributed by atoms with Gasteiger partial charge in [0.2, 0.25) is 0 Å². The first-order valence-electron chi connectivity index (χ1n) is 7.98. The van der Waals surface area contributed by atoms with Crippen molar-refractivity contribution in [3.63, 3.8) is 0 Å². The van der Waals surface area contributed by atoms with E-state index < -0.39 is 0 Å². The average molecular weight is 322 g/mol. The lowest BCUT2D eigenvalue weighted by Gasteiger charge is -2.17. The highest BCUT2D eigenvalue weighted by Gasteiger charge is 2.22. The van der Waals surface area contributed by atoms with E-state index in [0.29, 0.717) is 11.7 Å². The number of benzene rings is 1. The molecule has 3 aromatic rings. The van der Waals surface area contributed by atoms with Crippen LogP contribution in [0.25, 0.3) is 22.4 Å². The van der Waals surface area contributed by atoms with Crippen LogP contribution in [-0.2, 0) is 12.8 Å². The molecule has 0 spiro atoms. The maximum absolute atomic E-state index is 12.5. The summed E-state index contributed by atoms with van der Waals surface area (Å²) in [7, 11) is 0. The first-order chi connectivity index (χ1) is 11.2. The molecule has 0 aliphatic heterocycles. The number of hydrogen-bond acceptors (Lipinski definition) is 3. The predicted molar refractivity (Wildman–Crippen MR) is 96.8 cm³/mol. The number of thiophene rings is 1. The summed E-state index contributed by atoms with van der Waals surface area (Å²) in [6.45, 7) is 2.28. The molecule has 1 atom stereocenters. The second kappa shape index (κ2) is 5.78. The van der Waals surface area contributed by atoms with Crippen LogP contribution in [0.4, 0.5) is 0 Å². The maximum Gasteiger partial charge on any atom is 0.260 e. The Kier molecular flexibility index (Phi) is 3.62. The zero-order valence-electron chi connectivity index (χ0n) is 13.0. The van der Waals surface area contributed by atoms with E-state index >= 15 is 0 Å². The van der Waals surface area contributed by atoms with Crippen LogP contribution in [0.3, 0.4) is 0 Å². The maximum atomic E-state index is 12.5. The lowest BCUT2D eigenvalue weighted by Crippen LogP contribution is -2.13. The van der Waals surface area contributed by atoms with E-state index in [2.05, 4.69) is 16.9 Å². The number of aromatic amines is 1. The Hall–Kier alpha value is -2.20. The summed E-state index contributed by atoms with van der Waals surface area (Å²) < 4.78 is 0. The molecule has 0 saturated heterocycles. The van der Waals surface area contributed by atoms with Gasteiger partial charge in [-0.15, -0.1) is 11.3 Å². The van der Waals surface area contributed by atoms with Crippen molar-refractivity contribution in [2.24, 2.45) is 5.92 Å². The molecule has 2 aromatic heterocycles. The molecule has 0 saturated carbocycles. The molecule has 2 heterocycles. The third-order valence-electron chi connectivity index (χ3n) is 4.42. The van der Waals surface area contributed by atoms with Crippen LogP contribution in [0.5, 0.6) is 0 Å². The number of nitrogens with one attached hydrogen (secondary N) is 1. The molecule has 1 N–H and O–H groups in total. The Morgan fingerprint density at radius 1 is 1.26 bits per heavy atom. The molecular weight excluding hydrogens is 304 g/mol. The predicted octanol–water partition coefficient (Wildman–Crippen LogP) is 4.28. The van der Waals surface area contributed by atoms with Crippen molar-refractivity contribution in [2.75, 3.05) is 0 Å². The molecule has 0 fully saturated rings. The fourth-order valence-electron chi connectivity index (χ4n) is 3.18. The summed E-state index contributed by atoms with van der Waals surface area (Å²) in [5.74, 6) is 1.32. The SMILES string of the molecule is C[C@@H]1CCc2c(sc3nc(/C=C/c4ccccc4)[nH]c(=O)c23)C1. The van der Waals surface area contributed by atoms with Gasteiger partial charge in [-0.25, -0.2) is 4.98 Å². The number of hydrogen-bond donors (Lipinski definition) is 1. The van der Waals surface area contributed by atoms with E-state index in [-0.39, 0.29) is 5.56 Å². The Labute approximate surface area is 138 Å². The normalized spacial score (nSPS) is 17.7. The molecule has 4 heteroatoms. The van der Waals surface area contributed by atoms with Gasteiger partial charge >= 0.3 is 0 Å². The standard InChI is InChI=1S/C19H18N2OS/c1-12-7-9-14-15(11-12)23-19-17(14)18(22)20-16(21-19)10-8-13-5-3-2-4-6-13/h2-6,8,10,12H,7,9,11H2,1H3,(H,20,21,22)/b10-8+/t12-/m1/s1. The van der Waals surface area contributed by atoms with Gasteiger partial charge in [0.25, 0.3) is 5.56 Å². The molecule has 1 aromatic carbocycles. The van der Waals surface area contributed by atoms with Crippen molar-refractivity contribution in [2.45, 2.75) is 26.2 Å². The molecule has 0 radical (unpaired) electrons. The van der Waals surface area contributed by atoms with Crippen LogP contribution in [0, 0.1) is 5.92 Å². The van der Waals surface area contributed by atoms with Gasteiger partial charge in [-0.05, 0) is 42.4 Å². The molecule has 4 rings (SSSR count). The second-order valence-corrected chi connectivity index (χ2v) is 7.31. The Bertz CT molecular complexity index is 937. The van der Waals surface area contributed by atoms with Crippen LogP contribution in [0.1, 0.15) is 35.2 Å². The van der Waals surface area contributed by atoms with Crippen molar-refractivity contribution < 1.29 is 0 Å². The van der Waals surface area contributed by atoms with Crippen LogP contribution >= 0.6 is 11.3 Å². The highest BCUT2D eigenvalue weighted by Crippen LogP contribution is 2.35. The van der Waals surface area contributed by atoms with Crippen LogP contribution in [0.15, 0.2) is 35.1 Å². The smallest absolute Gasteiger partial charge is 0.260 e. The minimum absolute atomic E-state index is 0.00485. The summed E-state index contributed by atoms with van der Waals surface area (Å²) >= 11 is 1.69. The van der Waals surface area contributed by atoms with Gasteiger partial charge in [-0.2, -0.15) is 0 Å². The molecule has 1 aliphatic carbocycles. The highest BCUT2D eigenvalue weighted by molar-refractivity contribution is 7.18. The highest BCUT2D eigenvalue weighted by atomic mass is 32.1. The van der Waals surface area contributed by atoms with Crippen molar-refractivity contribution in [3.05, 3.63) is 62.5 Å². The van der Waals surface area contributed by atoms with Gasteiger partial charge in [0.15, 0.2) is 0 Å².